The largest absolute Gasteiger partial charge is 0.373 e. The molecular weight excluding hydrogens is 307 g/mol. The van der Waals surface area contributed by atoms with E-state index in [1.807, 2.05) is 0 Å². The van der Waals surface area contributed by atoms with Crippen LogP contribution in [0.5, 0.6) is 0 Å². The Balaban J connectivity index is 3.36. The molecule has 0 aliphatic rings. The predicted octanol–water partition coefficient (Wildman–Crippen LogP) is 3.54. The van der Waals surface area contributed by atoms with E-state index in [0.717, 1.165) is 18.2 Å². The van der Waals surface area contributed by atoms with Gasteiger partial charge in [-0.05, 0) is 23.7 Å². The summed E-state index contributed by atoms with van der Waals surface area (Å²) in [5.41, 5.74) is -0.960. The average Bonchev–Trinajstić information content (AvgIpc) is 2.15. The monoisotopic (exact) mass is 310 g/mol. The molecule has 2 nitrogen and oxygen atoms in total. The fourth-order valence-corrected chi connectivity index (χ4v) is 1.74. The van der Waals surface area contributed by atoms with Gasteiger partial charge in [-0.3, -0.25) is 0 Å². The molecule has 0 spiro atoms. The Bertz CT molecular complexity index is 525. The first-order valence-corrected chi connectivity index (χ1v) is 6.10. The fourth-order valence-electron chi connectivity index (χ4n) is 1.01. The highest BCUT2D eigenvalue weighted by molar-refractivity contribution is 7.86. The van der Waals surface area contributed by atoms with E-state index in [2.05, 4.69) is 11.6 Å². The van der Waals surface area contributed by atoms with Crippen LogP contribution >= 0.6 is 23.2 Å². The number of benzene rings is 1. The SMILES string of the molecule is O=S(=O)(F)c1cccc(C(F)(Cl)C(F)(F)Cl)c1. The second kappa shape index (κ2) is 4.29. The maximum Gasteiger partial charge on any atom is 0.373 e. The lowest BCUT2D eigenvalue weighted by atomic mass is 10.1. The van der Waals surface area contributed by atoms with Crippen molar-refractivity contribution >= 4 is 33.4 Å². The molecule has 0 fully saturated rings. The summed E-state index contributed by atoms with van der Waals surface area (Å²) >= 11 is 9.34. The molecule has 0 aliphatic heterocycles. The van der Waals surface area contributed by atoms with Gasteiger partial charge in [0.15, 0.2) is 0 Å². The van der Waals surface area contributed by atoms with E-state index in [0.29, 0.717) is 6.07 Å². The Kier molecular flexibility index (Phi) is 3.67. The summed E-state index contributed by atoms with van der Waals surface area (Å²) in [6.07, 6.45) is 0. The van der Waals surface area contributed by atoms with Crippen LogP contribution in [0.4, 0.5) is 17.1 Å². The van der Waals surface area contributed by atoms with Crippen LogP contribution in [0.2, 0.25) is 0 Å². The Morgan fingerprint density at radius 2 is 1.65 bits per heavy atom. The molecule has 0 amide bonds. The van der Waals surface area contributed by atoms with Gasteiger partial charge in [0.2, 0.25) is 0 Å². The molecule has 17 heavy (non-hydrogen) atoms. The molecule has 0 saturated heterocycles. The van der Waals surface area contributed by atoms with E-state index >= 15 is 0 Å². The first-order valence-electron chi connectivity index (χ1n) is 3.96. The van der Waals surface area contributed by atoms with Crippen LogP contribution in [0, 0.1) is 0 Å². The molecule has 1 aromatic rings. The van der Waals surface area contributed by atoms with Gasteiger partial charge in [0.25, 0.3) is 5.13 Å². The van der Waals surface area contributed by atoms with Gasteiger partial charge in [-0.15, -0.1) is 3.89 Å². The summed E-state index contributed by atoms with van der Waals surface area (Å²) in [5, 5.41) is -8.32. The third kappa shape index (κ3) is 3.02. The van der Waals surface area contributed by atoms with Crippen LogP contribution < -0.4 is 0 Å². The number of rotatable bonds is 3. The second-order valence-electron chi connectivity index (χ2n) is 3.04. The maximum absolute atomic E-state index is 13.5. The lowest BCUT2D eigenvalue weighted by molar-refractivity contribution is -0.0226. The molecule has 0 saturated carbocycles. The molecule has 1 unspecified atom stereocenters. The van der Waals surface area contributed by atoms with Crippen molar-refractivity contribution in [2.45, 2.75) is 15.4 Å². The molecule has 1 aromatic carbocycles. The van der Waals surface area contributed by atoms with Gasteiger partial charge >= 0.3 is 15.6 Å². The van der Waals surface area contributed by atoms with Crippen molar-refractivity contribution in [2.24, 2.45) is 0 Å². The Labute approximate surface area is 104 Å². The number of halogens is 6. The van der Waals surface area contributed by atoms with Crippen molar-refractivity contribution in [1.82, 2.24) is 0 Å². The zero-order chi connectivity index (χ0) is 13.5. The number of hydrogen-bond donors (Lipinski definition) is 0. The lowest BCUT2D eigenvalue weighted by Gasteiger charge is -2.23. The van der Waals surface area contributed by atoms with Gasteiger partial charge in [-0.2, -0.15) is 17.2 Å². The third-order valence-corrected chi connectivity index (χ3v) is 3.46. The van der Waals surface area contributed by atoms with E-state index in [1.54, 1.807) is 0 Å². The highest BCUT2D eigenvalue weighted by atomic mass is 35.5. The highest BCUT2D eigenvalue weighted by Gasteiger charge is 2.54. The summed E-state index contributed by atoms with van der Waals surface area (Å²) in [4.78, 5) is -0.987. The van der Waals surface area contributed by atoms with Crippen molar-refractivity contribution in [2.75, 3.05) is 0 Å². The fraction of sp³-hybridized carbons (Fsp3) is 0.250. The summed E-state index contributed by atoms with van der Waals surface area (Å²) < 4.78 is 72.3. The minimum atomic E-state index is -5.14. The second-order valence-corrected chi connectivity index (χ2v) is 5.38. The normalized spacial score (nSPS) is 16.6. The van der Waals surface area contributed by atoms with Gasteiger partial charge in [0.05, 0.1) is 4.90 Å². The van der Waals surface area contributed by atoms with Gasteiger partial charge in [0.1, 0.15) is 0 Å². The van der Waals surface area contributed by atoms with E-state index in [9.17, 15) is 25.5 Å². The van der Waals surface area contributed by atoms with Crippen molar-refractivity contribution in [1.29, 1.82) is 0 Å². The minimum Gasteiger partial charge on any atom is -0.212 e. The van der Waals surface area contributed by atoms with Gasteiger partial charge in [0, 0.05) is 5.56 Å². The van der Waals surface area contributed by atoms with Crippen LogP contribution in [-0.2, 0) is 15.4 Å². The van der Waals surface area contributed by atoms with Crippen LogP contribution in [0.3, 0.4) is 0 Å². The third-order valence-electron chi connectivity index (χ3n) is 1.83. The average molecular weight is 311 g/mol. The van der Waals surface area contributed by atoms with Gasteiger partial charge in [-0.1, -0.05) is 23.7 Å². The van der Waals surface area contributed by atoms with Gasteiger partial charge in [-0.25, -0.2) is 4.39 Å². The molecule has 0 bridgehead atoms. The minimum absolute atomic E-state index is 0.346. The molecule has 0 heterocycles. The van der Waals surface area contributed by atoms with Crippen LogP contribution in [0.1, 0.15) is 5.56 Å². The maximum atomic E-state index is 13.5. The smallest absolute Gasteiger partial charge is 0.212 e. The number of alkyl halides is 5. The zero-order valence-corrected chi connectivity index (χ0v) is 10.1. The van der Waals surface area contributed by atoms with E-state index in [-0.39, 0.29) is 0 Å². The summed E-state index contributed by atoms with van der Waals surface area (Å²) in [6.45, 7) is 0. The molecular formula is C8H4Cl2F4O2S. The van der Waals surface area contributed by atoms with Crippen molar-refractivity contribution < 1.29 is 25.5 Å². The summed E-state index contributed by atoms with van der Waals surface area (Å²) in [6, 6.07) is 2.73. The zero-order valence-electron chi connectivity index (χ0n) is 7.80. The molecule has 1 atom stereocenters. The quantitative estimate of drug-likeness (QED) is 0.486. The van der Waals surface area contributed by atoms with Gasteiger partial charge < -0.3 is 0 Å². The first-order chi connectivity index (χ1) is 7.46. The standard InChI is InChI=1S/C8H4Cl2F4O2S/c9-7(11,8(10,12)13)5-2-1-3-6(4-5)17(14,15)16/h1-4H. The topological polar surface area (TPSA) is 34.1 Å². The molecule has 0 N–H and O–H groups in total. The van der Waals surface area contributed by atoms with Crippen molar-refractivity contribution in [3.05, 3.63) is 29.8 Å². The Hall–Kier alpha value is -0.530. The Morgan fingerprint density at radius 1 is 1.12 bits per heavy atom. The molecule has 0 aromatic heterocycles. The van der Waals surface area contributed by atoms with E-state index in [4.69, 9.17) is 11.6 Å². The molecule has 0 aliphatic carbocycles. The molecule has 0 radical (unpaired) electrons. The van der Waals surface area contributed by atoms with Crippen molar-refractivity contribution in [3.8, 4) is 0 Å². The van der Waals surface area contributed by atoms with E-state index in [1.165, 1.54) is 0 Å². The van der Waals surface area contributed by atoms with Crippen LogP contribution in [-0.4, -0.2) is 13.8 Å². The van der Waals surface area contributed by atoms with Crippen LogP contribution in [0.15, 0.2) is 29.2 Å². The molecule has 1 rings (SSSR count). The molecule has 96 valence electrons. The first kappa shape index (κ1) is 14.5. The Morgan fingerprint density at radius 3 is 2.06 bits per heavy atom. The number of hydrogen-bond acceptors (Lipinski definition) is 2. The predicted molar refractivity (Wildman–Crippen MR) is 54.2 cm³/mol. The highest BCUT2D eigenvalue weighted by Crippen LogP contribution is 2.47. The van der Waals surface area contributed by atoms with Crippen LogP contribution in [0.25, 0.3) is 0 Å². The van der Waals surface area contributed by atoms with E-state index < -0.39 is 31.2 Å². The summed E-state index contributed by atoms with van der Waals surface area (Å²) in [7, 11) is -5.14. The molecule has 9 heteroatoms. The van der Waals surface area contributed by atoms with Crippen molar-refractivity contribution in [3.63, 3.8) is 0 Å². The summed E-state index contributed by atoms with van der Waals surface area (Å²) in [5.74, 6) is 0. The lowest BCUT2D eigenvalue weighted by Crippen LogP contribution is -2.31.